The molecule has 1 aromatic heterocycles. The molecule has 5 nitrogen and oxygen atoms in total. The average molecular weight is 253 g/mol. The second-order valence-corrected chi connectivity index (χ2v) is 4.61. The number of ether oxygens (including phenoxy) is 2. The van der Waals surface area contributed by atoms with Crippen LogP contribution in [-0.2, 0) is 11.3 Å². The van der Waals surface area contributed by atoms with Crippen LogP contribution in [0.5, 0.6) is 5.88 Å². The summed E-state index contributed by atoms with van der Waals surface area (Å²) in [7, 11) is 1.82. The molecule has 0 aliphatic heterocycles. The van der Waals surface area contributed by atoms with Crippen LogP contribution >= 0.6 is 0 Å². The van der Waals surface area contributed by atoms with Gasteiger partial charge in [-0.15, -0.1) is 0 Å². The second kappa shape index (κ2) is 6.54. The van der Waals surface area contributed by atoms with E-state index in [0.717, 1.165) is 12.2 Å². The molecule has 0 atom stereocenters. The Kier molecular flexibility index (Phi) is 5.34. The Morgan fingerprint density at radius 3 is 2.56 bits per heavy atom. The second-order valence-electron chi connectivity index (χ2n) is 4.61. The van der Waals surface area contributed by atoms with Gasteiger partial charge in [0.2, 0.25) is 5.88 Å². The fraction of sp³-hybridized carbons (Fsp3) is 0.692. The quantitative estimate of drug-likeness (QED) is 0.809. The Labute approximate surface area is 109 Å². The number of aromatic nitrogens is 2. The Balaban J connectivity index is 2.89. The number of anilines is 1. The maximum atomic E-state index is 5.87. The highest BCUT2D eigenvalue weighted by Crippen LogP contribution is 2.21. The van der Waals surface area contributed by atoms with Crippen LogP contribution in [0.15, 0.2) is 6.07 Å². The molecule has 0 radical (unpaired) electrons. The number of hydrogen-bond donors (Lipinski definition) is 1. The van der Waals surface area contributed by atoms with Crippen molar-refractivity contribution in [2.45, 2.75) is 46.3 Å². The van der Waals surface area contributed by atoms with E-state index in [4.69, 9.17) is 9.47 Å². The molecule has 0 spiro atoms. The SMILES string of the molecule is CCOCc1nc(NC)cc(OC(C)(C)CC)n1. The summed E-state index contributed by atoms with van der Waals surface area (Å²) >= 11 is 0. The van der Waals surface area contributed by atoms with E-state index in [2.05, 4.69) is 22.2 Å². The Morgan fingerprint density at radius 2 is 2.00 bits per heavy atom. The summed E-state index contributed by atoms with van der Waals surface area (Å²) in [6.07, 6.45) is 0.909. The van der Waals surface area contributed by atoms with E-state index in [1.54, 1.807) is 6.07 Å². The van der Waals surface area contributed by atoms with Gasteiger partial charge in [-0.2, -0.15) is 4.98 Å². The summed E-state index contributed by atoms with van der Waals surface area (Å²) in [6, 6.07) is 1.80. The Bertz CT molecular complexity index is 380. The molecule has 1 aromatic rings. The van der Waals surface area contributed by atoms with Gasteiger partial charge in [-0.3, -0.25) is 0 Å². The fourth-order valence-corrected chi connectivity index (χ4v) is 1.27. The molecule has 0 fully saturated rings. The monoisotopic (exact) mass is 253 g/mol. The van der Waals surface area contributed by atoms with E-state index in [0.29, 0.717) is 24.9 Å². The Hall–Kier alpha value is -1.36. The maximum absolute atomic E-state index is 5.87. The summed E-state index contributed by atoms with van der Waals surface area (Å²) in [5.41, 5.74) is -0.234. The van der Waals surface area contributed by atoms with Gasteiger partial charge in [0, 0.05) is 19.7 Å². The highest BCUT2D eigenvalue weighted by molar-refractivity contribution is 5.37. The molecular formula is C13H23N3O2. The van der Waals surface area contributed by atoms with E-state index in [9.17, 15) is 0 Å². The van der Waals surface area contributed by atoms with Gasteiger partial charge in [-0.1, -0.05) is 6.92 Å². The van der Waals surface area contributed by atoms with Crippen molar-refractivity contribution < 1.29 is 9.47 Å². The van der Waals surface area contributed by atoms with Crippen molar-refractivity contribution in [3.63, 3.8) is 0 Å². The molecule has 102 valence electrons. The summed E-state index contributed by atoms with van der Waals surface area (Å²) in [4.78, 5) is 8.67. The highest BCUT2D eigenvalue weighted by atomic mass is 16.5. The van der Waals surface area contributed by atoms with Gasteiger partial charge < -0.3 is 14.8 Å². The zero-order chi connectivity index (χ0) is 13.6. The van der Waals surface area contributed by atoms with Gasteiger partial charge in [0.05, 0.1) is 0 Å². The van der Waals surface area contributed by atoms with Gasteiger partial charge in [-0.25, -0.2) is 4.98 Å². The number of nitrogens with one attached hydrogen (secondary N) is 1. The summed E-state index contributed by atoms with van der Waals surface area (Å²) in [5.74, 6) is 1.95. The molecule has 5 heteroatoms. The molecule has 1 heterocycles. The third kappa shape index (κ3) is 4.49. The first kappa shape index (κ1) is 14.7. The van der Waals surface area contributed by atoms with Crippen molar-refractivity contribution in [3.05, 3.63) is 11.9 Å². The van der Waals surface area contributed by atoms with Crippen LogP contribution < -0.4 is 10.1 Å². The van der Waals surface area contributed by atoms with Gasteiger partial charge in [0.15, 0.2) is 5.82 Å². The lowest BCUT2D eigenvalue weighted by atomic mass is 10.1. The summed E-state index contributed by atoms with van der Waals surface area (Å²) < 4.78 is 11.2. The number of nitrogens with zero attached hydrogens (tertiary/aromatic N) is 2. The predicted octanol–water partition coefficient (Wildman–Crippen LogP) is 2.62. The van der Waals surface area contributed by atoms with Crippen molar-refractivity contribution in [2.75, 3.05) is 19.0 Å². The third-order valence-corrected chi connectivity index (χ3v) is 2.67. The number of rotatable bonds is 7. The van der Waals surface area contributed by atoms with Crippen molar-refractivity contribution in [3.8, 4) is 5.88 Å². The standard InChI is InChI=1S/C13H23N3O2/c1-6-13(3,4)18-12-8-10(14-5)15-11(16-12)9-17-7-2/h8H,6-7,9H2,1-5H3,(H,14,15,16). The predicted molar refractivity (Wildman–Crippen MR) is 71.9 cm³/mol. The lowest BCUT2D eigenvalue weighted by Gasteiger charge is -2.24. The average Bonchev–Trinajstić information content (AvgIpc) is 2.35. The first-order valence-corrected chi connectivity index (χ1v) is 6.33. The van der Waals surface area contributed by atoms with Crippen LogP contribution in [0.2, 0.25) is 0 Å². The topological polar surface area (TPSA) is 56.3 Å². The van der Waals surface area contributed by atoms with Crippen molar-refractivity contribution in [1.82, 2.24) is 9.97 Å². The van der Waals surface area contributed by atoms with Gasteiger partial charge in [-0.05, 0) is 27.2 Å². The van der Waals surface area contributed by atoms with Crippen LogP contribution in [-0.4, -0.2) is 29.2 Å². The molecule has 1 N–H and O–H groups in total. The molecule has 1 rings (SSSR count). The molecule has 0 saturated heterocycles. The minimum Gasteiger partial charge on any atom is -0.472 e. The molecule has 0 unspecified atom stereocenters. The third-order valence-electron chi connectivity index (χ3n) is 2.67. The first-order chi connectivity index (χ1) is 8.50. The molecule has 0 aliphatic rings. The lowest BCUT2D eigenvalue weighted by Crippen LogP contribution is -2.27. The normalized spacial score (nSPS) is 11.4. The van der Waals surface area contributed by atoms with Crippen molar-refractivity contribution >= 4 is 5.82 Å². The summed E-state index contributed by atoms with van der Waals surface area (Å²) in [6.45, 7) is 9.15. The lowest BCUT2D eigenvalue weighted by molar-refractivity contribution is 0.0952. The Morgan fingerprint density at radius 1 is 1.28 bits per heavy atom. The first-order valence-electron chi connectivity index (χ1n) is 6.33. The van der Waals surface area contributed by atoms with Crippen molar-refractivity contribution in [2.24, 2.45) is 0 Å². The largest absolute Gasteiger partial charge is 0.472 e. The molecule has 0 saturated carbocycles. The van der Waals surface area contributed by atoms with Gasteiger partial charge in [0.25, 0.3) is 0 Å². The molecular weight excluding hydrogens is 230 g/mol. The highest BCUT2D eigenvalue weighted by Gasteiger charge is 2.18. The molecule has 0 amide bonds. The number of hydrogen-bond acceptors (Lipinski definition) is 5. The van der Waals surface area contributed by atoms with Crippen LogP contribution in [0.4, 0.5) is 5.82 Å². The smallest absolute Gasteiger partial charge is 0.219 e. The fourth-order valence-electron chi connectivity index (χ4n) is 1.27. The zero-order valence-corrected chi connectivity index (χ0v) is 11.9. The molecule has 0 aliphatic carbocycles. The molecule has 0 aromatic carbocycles. The molecule has 18 heavy (non-hydrogen) atoms. The maximum Gasteiger partial charge on any atom is 0.219 e. The van der Waals surface area contributed by atoms with E-state index < -0.39 is 0 Å². The van der Waals surface area contributed by atoms with E-state index in [1.165, 1.54) is 0 Å². The zero-order valence-electron chi connectivity index (χ0n) is 11.9. The molecule has 0 bridgehead atoms. The van der Waals surface area contributed by atoms with Crippen LogP contribution in [0.25, 0.3) is 0 Å². The van der Waals surface area contributed by atoms with Crippen LogP contribution in [0, 0.1) is 0 Å². The minimum atomic E-state index is -0.234. The van der Waals surface area contributed by atoms with Crippen LogP contribution in [0.1, 0.15) is 39.9 Å². The van der Waals surface area contributed by atoms with Crippen molar-refractivity contribution in [1.29, 1.82) is 0 Å². The van der Waals surface area contributed by atoms with E-state index in [1.807, 2.05) is 27.8 Å². The van der Waals surface area contributed by atoms with E-state index in [-0.39, 0.29) is 5.60 Å². The van der Waals surface area contributed by atoms with E-state index >= 15 is 0 Å². The van der Waals surface area contributed by atoms with Gasteiger partial charge in [0.1, 0.15) is 18.0 Å². The minimum absolute atomic E-state index is 0.234. The van der Waals surface area contributed by atoms with Crippen LogP contribution in [0.3, 0.4) is 0 Å². The van der Waals surface area contributed by atoms with Gasteiger partial charge >= 0.3 is 0 Å². The summed E-state index contributed by atoms with van der Waals surface area (Å²) in [5, 5.41) is 3.00.